The summed E-state index contributed by atoms with van der Waals surface area (Å²) in [4.78, 5) is 39.4. The van der Waals surface area contributed by atoms with Gasteiger partial charge in [0.2, 0.25) is 11.8 Å². The van der Waals surface area contributed by atoms with E-state index in [1.165, 1.54) is 32.2 Å². The summed E-state index contributed by atoms with van der Waals surface area (Å²) in [5.74, 6) is -2.44. The zero-order chi connectivity index (χ0) is 18.6. The third-order valence-corrected chi connectivity index (χ3v) is 4.72. The van der Waals surface area contributed by atoms with Crippen molar-refractivity contribution in [2.24, 2.45) is 0 Å². The highest BCUT2D eigenvalue weighted by molar-refractivity contribution is 6.30. The molecular formula is C17H20ClFN2O4. The zero-order valence-corrected chi connectivity index (χ0v) is 14.9. The van der Waals surface area contributed by atoms with E-state index in [2.05, 4.69) is 0 Å². The first-order valence-corrected chi connectivity index (χ1v) is 8.38. The number of hydrogen-bond acceptors (Lipinski definition) is 4. The molecule has 8 heteroatoms. The molecule has 6 nitrogen and oxygen atoms in total. The van der Waals surface area contributed by atoms with Gasteiger partial charge in [-0.2, -0.15) is 0 Å². The molecule has 0 saturated carbocycles. The van der Waals surface area contributed by atoms with Crippen LogP contribution in [0, 0.1) is 5.82 Å². The normalized spacial score (nSPS) is 16.2. The average Bonchev–Trinajstić information content (AvgIpc) is 2.62. The molecular weight excluding hydrogens is 351 g/mol. The fourth-order valence-corrected chi connectivity index (χ4v) is 3.32. The Hall–Kier alpha value is -2.15. The number of anilines is 1. The van der Waals surface area contributed by atoms with Crippen molar-refractivity contribution in [3.63, 3.8) is 0 Å². The van der Waals surface area contributed by atoms with Crippen molar-refractivity contribution in [1.82, 2.24) is 4.90 Å². The van der Waals surface area contributed by atoms with Crippen LogP contribution in [0.25, 0.3) is 0 Å². The van der Waals surface area contributed by atoms with E-state index in [1.807, 2.05) is 0 Å². The van der Waals surface area contributed by atoms with E-state index >= 15 is 0 Å². The van der Waals surface area contributed by atoms with Crippen LogP contribution in [-0.2, 0) is 19.1 Å². The average molecular weight is 371 g/mol. The highest BCUT2D eigenvalue weighted by atomic mass is 35.5. The second-order valence-corrected chi connectivity index (χ2v) is 6.11. The molecule has 2 amide bonds. The van der Waals surface area contributed by atoms with Crippen molar-refractivity contribution in [1.29, 1.82) is 0 Å². The summed E-state index contributed by atoms with van der Waals surface area (Å²) < 4.78 is 19.3. The van der Waals surface area contributed by atoms with Gasteiger partial charge >= 0.3 is 5.97 Å². The van der Waals surface area contributed by atoms with E-state index in [1.54, 1.807) is 11.0 Å². The third kappa shape index (κ3) is 3.61. The second-order valence-electron chi connectivity index (χ2n) is 5.84. The minimum atomic E-state index is -1.41. The molecule has 1 saturated heterocycles. The number of rotatable bonds is 4. The second kappa shape index (κ2) is 7.82. The Morgan fingerprint density at radius 3 is 2.36 bits per heavy atom. The summed E-state index contributed by atoms with van der Waals surface area (Å²) in [5.41, 5.74) is -1.44. The van der Waals surface area contributed by atoms with Crippen LogP contribution in [0.2, 0.25) is 0 Å². The topological polar surface area (TPSA) is 66.9 Å². The number of para-hydroxylation sites is 1. The van der Waals surface area contributed by atoms with E-state index in [9.17, 15) is 18.8 Å². The van der Waals surface area contributed by atoms with Crippen molar-refractivity contribution in [3.05, 3.63) is 30.1 Å². The smallest absolute Gasteiger partial charge is 0.332 e. The highest BCUT2D eigenvalue weighted by Crippen LogP contribution is 2.36. The summed E-state index contributed by atoms with van der Waals surface area (Å²) in [6.07, 6.45) is 0.270. The van der Waals surface area contributed by atoms with E-state index in [-0.39, 0.29) is 37.5 Å². The Kier molecular flexibility index (Phi) is 6.00. The van der Waals surface area contributed by atoms with Crippen LogP contribution in [-0.4, -0.2) is 54.3 Å². The maximum Gasteiger partial charge on any atom is 0.332 e. The number of halogens is 2. The summed E-state index contributed by atoms with van der Waals surface area (Å²) in [6.45, 7) is 1.94. The number of nitrogens with zero attached hydrogens (tertiary/aromatic N) is 2. The molecule has 2 rings (SSSR count). The third-order valence-electron chi connectivity index (χ3n) is 4.49. The SMILES string of the molecule is COC(=O)C1(N(C(=O)CCl)c2ccccc2F)CCN(C(C)=O)CC1. The lowest BCUT2D eigenvalue weighted by atomic mass is 9.84. The molecule has 1 aromatic rings. The summed E-state index contributed by atoms with van der Waals surface area (Å²) in [7, 11) is 1.21. The van der Waals surface area contributed by atoms with Crippen molar-refractivity contribution < 1.29 is 23.5 Å². The number of methoxy groups -OCH3 is 1. The first-order valence-electron chi connectivity index (χ1n) is 7.85. The van der Waals surface area contributed by atoms with Gasteiger partial charge in [-0.25, -0.2) is 9.18 Å². The molecule has 0 bridgehead atoms. The molecule has 0 N–H and O–H groups in total. The number of hydrogen-bond donors (Lipinski definition) is 0. The standard InChI is InChI=1S/C17H20ClFN2O4/c1-12(22)20-9-7-17(8-10-20,16(24)25-2)21(15(23)11-18)14-6-4-3-5-13(14)19/h3-6H,7-11H2,1-2H3. The minimum absolute atomic E-state index is 0.0326. The van der Waals surface area contributed by atoms with Crippen molar-refractivity contribution in [3.8, 4) is 0 Å². The van der Waals surface area contributed by atoms with Gasteiger partial charge in [-0.05, 0) is 25.0 Å². The van der Waals surface area contributed by atoms with Crippen LogP contribution < -0.4 is 4.90 Å². The lowest BCUT2D eigenvalue weighted by Gasteiger charge is -2.46. The van der Waals surface area contributed by atoms with E-state index < -0.39 is 29.1 Å². The van der Waals surface area contributed by atoms with Gasteiger partial charge in [-0.15, -0.1) is 11.6 Å². The number of ether oxygens (including phenoxy) is 1. The molecule has 1 heterocycles. The van der Waals surface area contributed by atoms with Gasteiger partial charge in [0.15, 0.2) is 0 Å². The van der Waals surface area contributed by atoms with E-state index in [4.69, 9.17) is 16.3 Å². The van der Waals surface area contributed by atoms with Crippen molar-refractivity contribution in [2.75, 3.05) is 31.0 Å². The molecule has 0 unspecified atom stereocenters. The van der Waals surface area contributed by atoms with Gasteiger partial charge in [0, 0.05) is 20.0 Å². The molecule has 1 aliphatic rings. The maximum absolute atomic E-state index is 14.4. The predicted octanol–water partition coefficient (Wildman–Crippen LogP) is 1.95. The summed E-state index contributed by atoms with van der Waals surface area (Å²) in [6, 6.07) is 5.69. The number of benzene rings is 1. The van der Waals surface area contributed by atoms with Crippen LogP contribution in [0.15, 0.2) is 24.3 Å². The number of carbonyl (C=O) groups is 3. The van der Waals surface area contributed by atoms with Crippen LogP contribution in [0.4, 0.5) is 10.1 Å². The fraction of sp³-hybridized carbons (Fsp3) is 0.471. The molecule has 0 aromatic heterocycles. The maximum atomic E-state index is 14.4. The number of esters is 1. The largest absolute Gasteiger partial charge is 0.467 e. The molecule has 0 atom stereocenters. The summed E-state index contributed by atoms with van der Waals surface area (Å²) in [5, 5.41) is 0. The molecule has 1 aromatic carbocycles. The Labute approximate surface area is 150 Å². The molecule has 0 spiro atoms. The first kappa shape index (κ1) is 19.2. The van der Waals surface area contributed by atoms with Crippen molar-refractivity contribution >= 4 is 35.1 Å². The van der Waals surface area contributed by atoms with Gasteiger partial charge in [0.25, 0.3) is 0 Å². The van der Waals surface area contributed by atoms with Gasteiger partial charge in [0.1, 0.15) is 17.2 Å². The molecule has 0 aliphatic carbocycles. The molecule has 25 heavy (non-hydrogen) atoms. The molecule has 1 aliphatic heterocycles. The van der Waals surface area contributed by atoms with Gasteiger partial charge in [0.05, 0.1) is 12.8 Å². The number of carbonyl (C=O) groups excluding carboxylic acids is 3. The zero-order valence-electron chi connectivity index (χ0n) is 14.1. The minimum Gasteiger partial charge on any atom is -0.467 e. The number of alkyl halides is 1. The Bertz CT molecular complexity index is 674. The fourth-order valence-electron chi connectivity index (χ4n) is 3.20. The Morgan fingerprint density at radius 2 is 1.88 bits per heavy atom. The first-order chi connectivity index (χ1) is 11.9. The van der Waals surface area contributed by atoms with Crippen LogP contribution in [0.5, 0.6) is 0 Å². The lowest BCUT2D eigenvalue weighted by molar-refractivity contribution is -0.152. The number of likely N-dealkylation sites (tertiary alicyclic amines) is 1. The number of piperidine rings is 1. The van der Waals surface area contributed by atoms with Gasteiger partial charge in [-0.3, -0.25) is 14.5 Å². The molecule has 136 valence electrons. The highest BCUT2D eigenvalue weighted by Gasteiger charge is 2.50. The predicted molar refractivity (Wildman–Crippen MR) is 90.8 cm³/mol. The monoisotopic (exact) mass is 370 g/mol. The van der Waals surface area contributed by atoms with E-state index in [0.717, 1.165) is 4.90 Å². The quantitative estimate of drug-likeness (QED) is 0.600. The lowest BCUT2D eigenvalue weighted by Crippen LogP contribution is -2.63. The molecule has 1 fully saturated rings. The summed E-state index contributed by atoms with van der Waals surface area (Å²) >= 11 is 5.73. The van der Waals surface area contributed by atoms with Crippen LogP contribution in [0.1, 0.15) is 19.8 Å². The van der Waals surface area contributed by atoms with Crippen molar-refractivity contribution in [2.45, 2.75) is 25.3 Å². The number of amides is 2. The Balaban J connectivity index is 2.53. The van der Waals surface area contributed by atoms with Crippen LogP contribution in [0.3, 0.4) is 0 Å². The van der Waals surface area contributed by atoms with Crippen LogP contribution >= 0.6 is 11.6 Å². The molecule has 0 radical (unpaired) electrons. The van der Waals surface area contributed by atoms with Gasteiger partial charge < -0.3 is 9.64 Å². The Morgan fingerprint density at radius 1 is 1.28 bits per heavy atom. The van der Waals surface area contributed by atoms with Gasteiger partial charge in [-0.1, -0.05) is 12.1 Å². The van der Waals surface area contributed by atoms with E-state index in [0.29, 0.717) is 0 Å².